The van der Waals surface area contributed by atoms with Crippen LogP contribution in [-0.2, 0) is 19.4 Å². The monoisotopic (exact) mass is 375 g/mol. The molecule has 3 heterocycles. The number of rotatable bonds is 7. The minimum atomic E-state index is 0.657. The Bertz CT molecular complexity index is 605. The summed E-state index contributed by atoms with van der Waals surface area (Å²) in [6.45, 7) is 11.0. The lowest BCUT2D eigenvalue weighted by atomic mass is 10.2. The smallest absolute Gasteiger partial charge is 0.193 e. The summed E-state index contributed by atoms with van der Waals surface area (Å²) in [6.07, 6.45) is 8.18. The molecule has 27 heavy (non-hydrogen) atoms. The summed E-state index contributed by atoms with van der Waals surface area (Å²) in [6, 6.07) is 0.657. The van der Waals surface area contributed by atoms with Crippen LogP contribution < -0.4 is 5.32 Å². The number of hydrogen-bond acceptors (Lipinski definition) is 4. The second kappa shape index (κ2) is 10.1. The molecule has 1 N–H and O–H groups in total. The quantitative estimate of drug-likeness (QED) is 0.448. The van der Waals surface area contributed by atoms with E-state index in [1.54, 1.807) is 0 Å². The molecule has 2 aliphatic rings. The van der Waals surface area contributed by atoms with Crippen molar-refractivity contribution in [3.63, 3.8) is 0 Å². The maximum absolute atomic E-state index is 4.51. The van der Waals surface area contributed by atoms with E-state index >= 15 is 0 Å². The van der Waals surface area contributed by atoms with Crippen LogP contribution in [0.3, 0.4) is 0 Å². The van der Waals surface area contributed by atoms with Crippen molar-refractivity contribution >= 4 is 5.96 Å². The highest BCUT2D eigenvalue weighted by Crippen LogP contribution is 2.16. The van der Waals surface area contributed by atoms with Crippen LogP contribution in [0.25, 0.3) is 0 Å². The van der Waals surface area contributed by atoms with Crippen molar-refractivity contribution in [2.75, 3.05) is 39.8 Å². The Labute approximate surface area is 164 Å². The second-order valence-electron chi connectivity index (χ2n) is 7.68. The highest BCUT2D eigenvalue weighted by Gasteiger charge is 2.27. The molecule has 152 valence electrons. The van der Waals surface area contributed by atoms with Crippen LogP contribution in [-0.4, -0.2) is 76.3 Å². The van der Waals surface area contributed by atoms with Gasteiger partial charge in [0.15, 0.2) is 5.96 Å². The molecule has 7 heteroatoms. The minimum Gasteiger partial charge on any atom is -0.356 e. The number of nitrogens with one attached hydrogen (secondary N) is 1. The van der Waals surface area contributed by atoms with Crippen molar-refractivity contribution < 1.29 is 0 Å². The topological polar surface area (TPSA) is 61.6 Å². The van der Waals surface area contributed by atoms with Crippen LogP contribution in [0.2, 0.25) is 0 Å². The Morgan fingerprint density at radius 3 is 2.81 bits per heavy atom. The van der Waals surface area contributed by atoms with Gasteiger partial charge in [-0.05, 0) is 38.8 Å². The van der Waals surface area contributed by atoms with Gasteiger partial charge in [-0.3, -0.25) is 9.89 Å². The number of aromatic nitrogens is 3. The molecule has 0 bridgehead atoms. The molecular weight excluding hydrogens is 338 g/mol. The fourth-order valence-electron chi connectivity index (χ4n) is 4.48. The molecule has 0 aliphatic carbocycles. The van der Waals surface area contributed by atoms with Crippen LogP contribution in [0.15, 0.2) is 4.99 Å². The molecule has 1 aromatic rings. The fourth-order valence-corrected chi connectivity index (χ4v) is 4.48. The Balaban J connectivity index is 1.44. The number of nitrogens with zero attached hydrogens (tertiary/aromatic N) is 6. The molecule has 0 spiro atoms. The van der Waals surface area contributed by atoms with Crippen LogP contribution in [0, 0.1) is 0 Å². The highest BCUT2D eigenvalue weighted by molar-refractivity contribution is 5.80. The van der Waals surface area contributed by atoms with Crippen molar-refractivity contribution in [3.05, 3.63) is 11.6 Å². The SMILES string of the molecule is CCN(CC)C1CCN(C(=NC)NCCCc2nnc3n2CCCCC3)C1. The van der Waals surface area contributed by atoms with Gasteiger partial charge >= 0.3 is 0 Å². The standard InChI is InChI=1S/C20H37N7/c1-4-25(5-2)17-12-15-26(16-17)20(21-3)22-13-9-11-19-24-23-18-10-7-6-8-14-27(18)19/h17H,4-16H2,1-3H3,(H,21,22). The molecule has 0 saturated carbocycles. The summed E-state index contributed by atoms with van der Waals surface area (Å²) < 4.78 is 2.36. The van der Waals surface area contributed by atoms with Crippen molar-refractivity contribution in [2.24, 2.45) is 4.99 Å². The molecule has 0 amide bonds. The van der Waals surface area contributed by atoms with E-state index in [1.165, 1.54) is 31.5 Å². The first-order valence-corrected chi connectivity index (χ1v) is 10.9. The minimum absolute atomic E-state index is 0.657. The van der Waals surface area contributed by atoms with Gasteiger partial charge in [-0.15, -0.1) is 10.2 Å². The predicted molar refractivity (Wildman–Crippen MR) is 110 cm³/mol. The van der Waals surface area contributed by atoms with E-state index in [9.17, 15) is 0 Å². The molecule has 3 rings (SSSR count). The number of likely N-dealkylation sites (N-methyl/N-ethyl adjacent to an activating group) is 1. The third kappa shape index (κ3) is 5.00. The number of likely N-dealkylation sites (tertiary alicyclic amines) is 1. The summed E-state index contributed by atoms with van der Waals surface area (Å²) in [5, 5.41) is 12.4. The molecule has 0 aromatic carbocycles. The third-order valence-electron chi connectivity index (χ3n) is 6.05. The van der Waals surface area contributed by atoms with E-state index in [0.29, 0.717) is 6.04 Å². The maximum Gasteiger partial charge on any atom is 0.193 e. The molecule has 7 nitrogen and oxygen atoms in total. The summed E-state index contributed by atoms with van der Waals surface area (Å²) in [5.74, 6) is 3.39. The summed E-state index contributed by atoms with van der Waals surface area (Å²) >= 11 is 0. The van der Waals surface area contributed by atoms with E-state index in [4.69, 9.17) is 0 Å². The largest absolute Gasteiger partial charge is 0.356 e. The molecule has 1 saturated heterocycles. The number of fused-ring (bicyclic) bond motifs is 1. The molecular formula is C20H37N7. The first-order chi connectivity index (χ1) is 13.3. The zero-order chi connectivity index (χ0) is 19.1. The highest BCUT2D eigenvalue weighted by atomic mass is 15.3. The lowest BCUT2D eigenvalue weighted by Crippen LogP contribution is -2.43. The first-order valence-electron chi connectivity index (χ1n) is 10.9. The predicted octanol–water partition coefficient (Wildman–Crippen LogP) is 1.93. The average molecular weight is 376 g/mol. The van der Waals surface area contributed by atoms with Gasteiger partial charge in [0.1, 0.15) is 11.6 Å². The van der Waals surface area contributed by atoms with Crippen LogP contribution in [0.4, 0.5) is 0 Å². The number of aryl methyl sites for hydroxylation is 2. The van der Waals surface area contributed by atoms with E-state index in [-0.39, 0.29) is 0 Å². The van der Waals surface area contributed by atoms with Crippen molar-refractivity contribution in [3.8, 4) is 0 Å². The van der Waals surface area contributed by atoms with Crippen LogP contribution in [0.1, 0.15) is 57.6 Å². The Morgan fingerprint density at radius 2 is 2.04 bits per heavy atom. The van der Waals surface area contributed by atoms with E-state index in [0.717, 1.165) is 70.3 Å². The van der Waals surface area contributed by atoms with Crippen LogP contribution >= 0.6 is 0 Å². The lowest BCUT2D eigenvalue weighted by Gasteiger charge is -2.27. The Morgan fingerprint density at radius 1 is 1.19 bits per heavy atom. The molecule has 1 unspecified atom stereocenters. The Kier molecular flexibility index (Phi) is 7.50. The van der Waals surface area contributed by atoms with Gasteiger partial charge in [-0.25, -0.2) is 0 Å². The van der Waals surface area contributed by atoms with Gasteiger partial charge in [-0.1, -0.05) is 20.3 Å². The third-order valence-corrected chi connectivity index (χ3v) is 6.05. The molecule has 0 radical (unpaired) electrons. The molecule has 1 aromatic heterocycles. The molecule has 1 fully saturated rings. The Hall–Kier alpha value is -1.63. The van der Waals surface area contributed by atoms with Crippen molar-refractivity contribution in [2.45, 2.75) is 71.4 Å². The van der Waals surface area contributed by atoms with Crippen molar-refractivity contribution in [1.82, 2.24) is 29.9 Å². The summed E-state index contributed by atoms with van der Waals surface area (Å²) in [5.41, 5.74) is 0. The second-order valence-corrected chi connectivity index (χ2v) is 7.68. The molecule has 1 atom stereocenters. The normalized spacial score (nSPS) is 20.8. The number of aliphatic imine (C=N–C) groups is 1. The number of guanidine groups is 1. The molecule has 2 aliphatic heterocycles. The van der Waals surface area contributed by atoms with Gasteiger partial charge in [0.05, 0.1) is 0 Å². The van der Waals surface area contributed by atoms with E-state index < -0.39 is 0 Å². The van der Waals surface area contributed by atoms with Crippen molar-refractivity contribution in [1.29, 1.82) is 0 Å². The summed E-state index contributed by atoms with van der Waals surface area (Å²) in [4.78, 5) is 9.48. The van der Waals surface area contributed by atoms with Gasteiger partial charge in [0.2, 0.25) is 0 Å². The van der Waals surface area contributed by atoms with Gasteiger partial charge in [0, 0.05) is 52.1 Å². The fraction of sp³-hybridized carbons (Fsp3) is 0.850. The van der Waals surface area contributed by atoms with E-state index in [2.05, 4.69) is 48.7 Å². The average Bonchev–Trinajstić information content (AvgIpc) is 3.24. The van der Waals surface area contributed by atoms with Gasteiger partial charge < -0.3 is 14.8 Å². The maximum atomic E-state index is 4.51. The zero-order valence-electron chi connectivity index (χ0n) is 17.5. The summed E-state index contributed by atoms with van der Waals surface area (Å²) in [7, 11) is 1.89. The van der Waals surface area contributed by atoms with Crippen LogP contribution in [0.5, 0.6) is 0 Å². The number of hydrogen-bond donors (Lipinski definition) is 1. The first kappa shape index (κ1) is 20.1. The lowest BCUT2D eigenvalue weighted by molar-refractivity contribution is 0.223. The van der Waals surface area contributed by atoms with E-state index in [1.807, 2.05) is 7.05 Å². The van der Waals surface area contributed by atoms with Gasteiger partial charge in [-0.2, -0.15) is 0 Å². The van der Waals surface area contributed by atoms with Gasteiger partial charge in [0.25, 0.3) is 0 Å². The zero-order valence-corrected chi connectivity index (χ0v) is 17.5.